The zero-order valence-corrected chi connectivity index (χ0v) is 11.8. The van der Waals surface area contributed by atoms with Gasteiger partial charge in [-0.1, -0.05) is 0 Å². The highest BCUT2D eigenvalue weighted by Gasteiger charge is 2.36. The molecule has 2 unspecified atom stereocenters. The van der Waals surface area contributed by atoms with Crippen LogP contribution in [0, 0.1) is 0 Å². The molecular weight excluding hydrogens is 306 g/mol. The molecule has 0 aromatic carbocycles. The van der Waals surface area contributed by atoms with Gasteiger partial charge in [0.25, 0.3) is 0 Å². The number of carbonyl (C=O) groups is 1. The Labute approximate surface area is 112 Å². The van der Waals surface area contributed by atoms with Gasteiger partial charge in [0.15, 0.2) is 0 Å². The molecule has 6 heteroatoms. The second-order valence-electron chi connectivity index (χ2n) is 4.09. The molecule has 2 atom stereocenters. The topological polar surface area (TPSA) is 49.8 Å². The summed E-state index contributed by atoms with van der Waals surface area (Å²) in [5, 5.41) is 11.7. The molecule has 4 nitrogen and oxygen atoms in total. The van der Waals surface area contributed by atoms with Crippen molar-refractivity contribution in [3.05, 3.63) is 20.8 Å². The third-order valence-electron chi connectivity index (χ3n) is 2.84. The first kappa shape index (κ1) is 13.0. The molecule has 1 aromatic rings. The lowest BCUT2D eigenvalue weighted by molar-refractivity contribution is -0.146. The molecule has 1 aromatic heterocycles. The van der Waals surface area contributed by atoms with Crippen molar-refractivity contribution in [1.29, 1.82) is 0 Å². The van der Waals surface area contributed by atoms with Crippen LogP contribution in [-0.4, -0.2) is 41.8 Å². The molecule has 0 spiro atoms. The highest BCUT2D eigenvalue weighted by molar-refractivity contribution is 9.10. The zero-order chi connectivity index (χ0) is 12.4. The number of rotatable bonds is 3. The molecule has 0 bridgehead atoms. The molecule has 2 heterocycles. The van der Waals surface area contributed by atoms with E-state index in [0.717, 1.165) is 4.47 Å². The van der Waals surface area contributed by atoms with Crippen molar-refractivity contribution in [2.75, 3.05) is 13.7 Å². The van der Waals surface area contributed by atoms with Gasteiger partial charge < -0.3 is 9.84 Å². The quantitative estimate of drug-likeness (QED) is 0.860. The van der Waals surface area contributed by atoms with Crippen LogP contribution in [0.25, 0.3) is 0 Å². The lowest BCUT2D eigenvalue weighted by atomic mass is 10.2. The molecule has 2 rings (SSSR count). The predicted molar refractivity (Wildman–Crippen MR) is 68.9 cm³/mol. The molecule has 0 aliphatic carbocycles. The van der Waals surface area contributed by atoms with Crippen LogP contribution in [0.4, 0.5) is 0 Å². The first-order chi connectivity index (χ1) is 8.10. The Balaban J connectivity index is 2.05. The van der Waals surface area contributed by atoms with E-state index in [1.807, 2.05) is 16.3 Å². The normalized spacial score (nSPS) is 25.1. The third-order valence-corrected chi connectivity index (χ3v) is 4.52. The van der Waals surface area contributed by atoms with Crippen molar-refractivity contribution in [2.24, 2.45) is 0 Å². The monoisotopic (exact) mass is 319 g/mol. The van der Waals surface area contributed by atoms with E-state index in [2.05, 4.69) is 15.9 Å². The van der Waals surface area contributed by atoms with Gasteiger partial charge in [0, 0.05) is 34.2 Å². The number of hydrogen-bond acceptors (Lipinski definition) is 5. The fourth-order valence-electron chi connectivity index (χ4n) is 2.07. The molecule has 0 radical (unpaired) electrons. The minimum absolute atomic E-state index is 0.267. The molecule has 17 heavy (non-hydrogen) atoms. The third kappa shape index (κ3) is 3.07. The summed E-state index contributed by atoms with van der Waals surface area (Å²) in [6.07, 6.45) is 0.0154. The van der Waals surface area contributed by atoms with Crippen molar-refractivity contribution < 1.29 is 14.6 Å². The highest BCUT2D eigenvalue weighted by atomic mass is 79.9. The Bertz CT molecular complexity index is 409. The minimum atomic E-state index is -0.442. The second kappa shape index (κ2) is 5.48. The van der Waals surface area contributed by atoms with Gasteiger partial charge >= 0.3 is 5.97 Å². The predicted octanol–water partition coefficient (Wildman–Crippen LogP) is 1.62. The number of methoxy groups -OCH3 is 1. The minimum Gasteiger partial charge on any atom is -0.468 e. The number of β-amino-alcohol motifs (C(OH)–C–C–N with tert-alkyl or cyclic N) is 1. The number of thiophene rings is 1. The van der Waals surface area contributed by atoms with Crippen molar-refractivity contribution in [2.45, 2.75) is 25.1 Å². The van der Waals surface area contributed by atoms with Gasteiger partial charge in [-0.2, -0.15) is 0 Å². The molecule has 1 aliphatic rings. The van der Waals surface area contributed by atoms with Gasteiger partial charge in [-0.3, -0.25) is 9.69 Å². The molecule has 1 saturated heterocycles. The number of aliphatic hydroxyl groups is 1. The van der Waals surface area contributed by atoms with Crippen LogP contribution in [0.15, 0.2) is 15.9 Å². The summed E-state index contributed by atoms with van der Waals surface area (Å²) >= 11 is 5.04. The average Bonchev–Trinajstić information content (AvgIpc) is 2.85. The Morgan fingerprint density at radius 3 is 3.12 bits per heavy atom. The summed E-state index contributed by atoms with van der Waals surface area (Å²) < 4.78 is 5.81. The molecule has 1 aliphatic heterocycles. The number of ether oxygens (including phenoxy) is 1. The van der Waals surface area contributed by atoms with E-state index in [9.17, 15) is 9.90 Å². The van der Waals surface area contributed by atoms with E-state index in [1.54, 1.807) is 11.3 Å². The Hall–Kier alpha value is -0.430. The largest absolute Gasteiger partial charge is 0.468 e. The van der Waals surface area contributed by atoms with Crippen LogP contribution < -0.4 is 0 Å². The highest BCUT2D eigenvalue weighted by Crippen LogP contribution is 2.26. The lowest BCUT2D eigenvalue weighted by Gasteiger charge is -2.20. The number of esters is 1. The van der Waals surface area contributed by atoms with Crippen molar-refractivity contribution in [1.82, 2.24) is 4.90 Å². The molecular formula is C11H14BrNO3S. The van der Waals surface area contributed by atoms with Crippen LogP contribution in [0.2, 0.25) is 0 Å². The van der Waals surface area contributed by atoms with E-state index in [1.165, 1.54) is 12.0 Å². The smallest absolute Gasteiger partial charge is 0.323 e. The van der Waals surface area contributed by atoms with Crippen molar-refractivity contribution >= 4 is 33.2 Å². The van der Waals surface area contributed by atoms with Crippen LogP contribution in [0.1, 0.15) is 11.3 Å². The van der Waals surface area contributed by atoms with Crippen LogP contribution >= 0.6 is 27.3 Å². The molecule has 0 saturated carbocycles. The van der Waals surface area contributed by atoms with E-state index in [-0.39, 0.29) is 12.0 Å². The number of halogens is 1. The van der Waals surface area contributed by atoms with E-state index in [0.29, 0.717) is 19.5 Å². The van der Waals surface area contributed by atoms with Crippen LogP contribution in [0.5, 0.6) is 0 Å². The van der Waals surface area contributed by atoms with Gasteiger partial charge in [-0.25, -0.2) is 0 Å². The average molecular weight is 320 g/mol. The Morgan fingerprint density at radius 1 is 1.76 bits per heavy atom. The molecule has 1 fully saturated rings. The standard InChI is InChI=1S/C11H14BrNO3S/c1-16-11(15)10-3-8(14)4-13(10)5-9-2-7(12)6-17-9/h2,6,8,10,14H,3-5H2,1H3. The zero-order valence-electron chi connectivity index (χ0n) is 9.43. The number of carbonyl (C=O) groups excluding carboxylic acids is 1. The molecule has 1 N–H and O–H groups in total. The van der Waals surface area contributed by atoms with E-state index >= 15 is 0 Å². The Kier molecular flexibility index (Phi) is 4.19. The lowest BCUT2D eigenvalue weighted by Crippen LogP contribution is -2.36. The van der Waals surface area contributed by atoms with Crippen LogP contribution in [0.3, 0.4) is 0 Å². The Morgan fingerprint density at radius 2 is 2.53 bits per heavy atom. The van der Waals surface area contributed by atoms with Crippen molar-refractivity contribution in [3.8, 4) is 0 Å². The maximum Gasteiger partial charge on any atom is 0.323 e. The fourth-order valence-corrected chi connectivity index (χ4v) is 3.55. The summed E-state index contributed by atoms with van der Waals surface area (Å²) in [6, 6.07) is 1.71. The maximum absolute atomic E-state index is 11.6. The van der Waals surface area contributed by atoms with Crippen molar-refractivity contribution in [3.63, 3.8) is 0 Å². The van der Waals surface area contributed by atoms with Gasteiger partial charge in [0.2, 0.25) is 0 Å². The number of hydrogen-bond donors (Lipinski definition) is 1. The van der Waals surface area contributed by atoms with Gasteiger partial charge in [0.05, 0.1) is 13.2 Å². The fraction of sp³-hybridized carbons (Fsp3) is 0.545. The summed E-state index contributed by atoms with van der Waals surface area (Å²) in [4.78, 5) is 14.7. The first-order valence-corrected chi connectivity index (χ1v) is 7.00. The SMILES string of the molecule is COC(=O)C1CC(O)CN1Cc1cc(Br)cs1. The summed E-state index contributed by atoms with van der Waals surface area (Å²) in [7, 11) is 1.38. The molecule has 0 amide bonds. The first-order valence-electron chi connectivity index (χ1n) is 5.33. The van der Waals surface area contributed by atoms with Gasteiger partial charge in [-0.05, 0) is 22.0 Å². The van der Waals surface area contributed by atoms with E-state index < -0.39 is 6.10 Å². The number of nitrogens with zero attached hydrogens (tertiary/aromatic N) is 1. The maximum atomic E-state index is 11.6. The van der Waals surface area contributed by atoms with Gasteiger partial charge in [-0.15, -0.1) is 11.3 Å². The van der Waals surface area contributed by atoms with Crippen LogP contribution in [-0.2, 0) is 16.1 Å². The number of likely N-dealkylation sites (tertiary alicyclic amines) is 1. The van der Waals surface area contributed by atoms with E-state index in [4.69, 9.17) is 4.74 Å². The number of aliphatic hydroxyl groups excluding tert-OH is 1. The summed E-state index contributed by atoms with van der Waals surface area (Å²) in [5.41, 5.74) is 0. The van der Waals surface area contributed by atoms with Gasteiger partial charge in [0.1, 0.15) is 6.04 Å². The molecule has 94 valence electrons. The summed E-state index contributed by atoms with van der Waals surface area (Å²) in [6.45, 7) is 1.20. The second-order valence-corrected chi connectivity index (χ2v) is 6.00. The summed E-state index contributed by atoms with van der Waals surface area (Å²) in [5.74, 6) is -0.267.